The molecular weight excluding hydrogens is 336 g/mol. The molecule has 1 aromatic heterocycles. The fourth-order valence-corrected chi connectivity index (χ4v) is 3.13. The van der Waals surface area contributed by atoms with Crippen LogP contribution in [0, 0.1) is 0 Å². The number of nitrogens with zero attached hydrogens (tertiary/aromatic N) is 2. The van der Waals surface area contributed by atoms with Gasteiger partial charge in [0.1, 0.15) is 0 Å². The maximum absolute atomic E-state index is 12.5. The molecule has 0 bridgehead atoms. The number of benzene rings is 1. The van der Waals surface area contributed by atoms with Gasteiger partial charge in [0.05, 0.1) is 12.6 Å². The molecule has 2 N–H and O–H groups in total. The Balaban J connectivity index is 0.00000225. The molecule has 5 nitrogen and oxygen atoms in total. The number of piperazine rings is 1. The van der Waals surface area contributed by atoms with E-state index in [0.29, 0.717) is 6.54 Å². The van der Waals surface area contributed by atoms with Gasteiger partial charge in [0.25, 0.3) is 0 Å². The van der Waals surface area contributed by atoms with E-state index in [0.717, 1.165) is 30.8 Å². The molecule has 3 rings (SSSR count). The van der Waals surface area contributed by atoms with Gasteiger partial charge in [0, 0.05) is 38.1 Å². The normalized spacial score (nSPS) is 18.8. The Morgan fingerprint density at radius 2 is 2.12 bits per heavy atom. The van der Waals surface area contributed by atoms with Gasteiger partial charge in [-0.3, -0.25) is 14.7 Å². The number of pyridine rings is 1. The van der Waals surface area contributed by atoms with Crippen molar-refractivity contribution in [2.24, 2.45) is 0 Å². The number of nitrogens with one attached hydrogen (secondary N) is 2. The molecule has 0 radical (unpaired) electrons. The van der Waals surface area contributed by atoms with Gasteiger partial charge >= 0.3 is 0 Å². The largest absolute Gasteiger partial charge is 0.348 e. The highest BCUT2D eigenvalue weighted by Crippen LogP contribution is 2.21. The molecule has 2 unspecified atom stereocenters. The molecule has 2 atom stereocenters. The van der Waals surface area contributed by atoms with Crippen LogP contribution in [0.25, 0.3) is 0 Å². The zero-order valence-corrected chi connectivity index (χ0v) is 15.2. The smallest absolute Gasteiger partial charge is 0.234 e. The van der Waals surface area contributed by atoms with Crippen molar-refractivity contribution in [2.45, 2.75) is 19.0 Å². The first kappa shape index (κ1) is 19.4. The molecule has 1 amide bonds. The minimum Gasteiger partial charge on any atom is -0.348 e. The maximum Gasteiger partial charge on any atom is 0.234 e. The highest BCUT2D eigenvalue weighted by atomic mass is 35.5. The zero-order chi connectivity index (χ0) is 16.8. The number of aromatic nitrogens is 1. The highest BCUT2D eigenvalue weighted by Gasteiger charge is 2.26. The summed E-state index contributed by atoms with van der Waals surface area (Å²) >= 11 is 0. The molecule has 1 fully saturated rings. The van der Waals surface area contributed by atoms with Crippen molar-refractivity contribution in [3.8, 4) is 0 Å². The van der Waals surface area contributed by atoms with Crippen LogP contribution in [0.4, 0.5) is 0 Å². The first-order chi connectivity index (χ1) is 11.7. The predicted octanol–water partition coefficient (Wildman–Crippen LogP) is 2.33. The number of halogens is 1. The van der Waals surface area contributed by atoms with E-state index in [1.165, 1.54) is 0 Å². The molecule has 6 heteroatoms. The van der Waals surface area contributed by atoms with Crippen molar-refractivity contribution in [3.05, 3.63) is 66.0 Å². The van der Waals surface area contributed by atoms with E-state index in [2.05, 4.69) is 26.6 Å². The van der Waals surface area contributed by atoms with Gasteiger partial charge in [-0.2, -0.15) is 0 Å². The summed E-state index contributed by atoms with van der Waals surface area (Å²) in [7, 11) is 0. The summed E-state index contributed by atoms with van der Waals surface area (Å²) in [5, 5.41) is 6.50. The quantitative estimate of drug-likeness (QED) is 0.859. The standard InChI is InChI=1S/C19H24N4O.ClH/c1-15(16-6-3-2-4-7-16)22-19(24)14-23-11-10-21-13-18(23)17-8-5-9-20-12-17;/h2-9,12,15,18,21H,10-11,13-14H2,1H3,(H,22,24);1H. The highest BCUT2D eigenvalue weighted by molar-refractivity contribution is 5.85. The summed E-state index contributed by atoms with van der Waals surface area (Å²) in [5.74, 6) is 0.0575. The van der Waals surface area contributed by atoms with E-state index in [-0.39, 0.29) is 30.4 Å². The van der Waals surface area contributed by atoms with Gasteiger partial charge in [0.2, 0.25) is 5.91 Å². The fourth-order valence-electron chi connectivity index (χ4n) is 3.13. The molecule has 0 spiro atoms. The van der Waals surface area contributed by atoms with Crippen LogP contribution < -0.4 is 10.6 Å². The number of carbonyl (C=O) groups excluding carboxylic acids is 1. The number of carbonyl (C=O) groups is 1. The van der Waals surface area contributed by atoms with Crippen LogP contribution in [0.3, 0.4) is 0 Å². The Labute approximate surface area is 155 Å². The summed E-state index contributed by atoms with van der Waals surface area (Å²) in [4.78, 5) is 18.9. The van der Waals surface area contributed by atoms with Gasteiger partial charge in [-0.05, 0) is 24.1 Å². The lowest BCUT2D eigenvalue weighted by atomic mass is 10.1. The van der Waals surface area contributed by atoms with Crippen molar-refractivity contribution in [2.75, 3.05) is 26.2 Å². The van der Waals surface area contributed by atoms with Gasteiger partial charge in [-0.1, -0.05) is 36.4 Å². The van der Waals surface area contributed by atoms with Crippen molar-refractivity contribution in [1.82, 2.24) is 20.5 Å². The summed E-state index contributed by atoms with van der Waals surface area (Å²) in [6, 6.07) is 14.3. The molecule has 1 aromatic carbocycles. The minimum absolute atomic E-state index is 0. The van der Waals surface area contributed by atoms with Crippen molar-refractivity contribution >= 4 is 18.3 Å². The molecule has 134 valence electrons. The molecule has 25 heavy (non-hydrogen) atoms. The van der Waals surface area contributed by atoms with E-state index in [9.17, 15) is 4.79 Å². The average molecular weight is 361 g/mol. The second-order valence-electron chi connectivity index (χ2n) is 6.18. The van der Waals surface area contributed by atoms with Gasteiger partial charge < -0.3 is 10.6 Å². The lowest BCUT2D eigenvalue weighted by Crippen LogP contribution is -2.49. The predicted molar refractivity (Wildman–Crippen MR) is 102 cm³/mol. The van der Waals surface area contributed by atoms with Gasteiger partial charge in [0.15, 0.2) is 0 Å². The van der Waals surface area contributed by atoms with E-state index >= 15 is 0 Å². The first-order valence-corrected chi connectivity index (χ1v) is 8.43. The van der Waals surface area contributed by atoms with E-state index < -0.39 is 0 Å². The summed E-state index contributed by atoms with van der Waals surface area (Å²) in [5.41, 5.74) is 2.27. The second kappa shape index (κ2) is 9.51. The Morgan fingerprint density at radius 3 is 2.84 bits per heavy atom. The fraction of sp³-hybridized carbons (Fsp3) is 0.368. The molecule has 1 saturated heterocycles. The molecule has 2 heterocycles. The van der Waals surface area contributed by atoms with Crippen molar-refractivity contribution in [1.29, 1.82) is 0 Å². The maximum atomic E-state index is 12.5. The third-order valence-electron chi connectivity index (χ3n) is 4.45. The number of hydrogen-bond acceptors (Lipinski definition) is 4. The topological polar surface area (TPSA) is 57.3 Å². The number of amides is 1. The average Bonchev–Trinajstić information content (AvgIpc) is 2.63. The summed E-state index contributed by atoms with van der Waals surface area (Å²) in [6.45, 7) is 5.01. The third kappa shape index (κ3) is 5.26. The van der Waals surface area contributed by atoms with Crippen LogP contribution in [0.1, 0.15) is 30.1 Å². The van der Waals surface area contributed by atoms with E-state index in [1.807, 2.05) is 49.5 Å². The first-order valence-electron chi connectivity index (χ1n) is 8.43. The summed E-state index contributed by atoms with van der Waals surface area (Å²) in [6.07, 6.45) is 3.66. The summed E-state index contributed by atoms with van der Waals surface area (Å²) < 4.78 is 0. The van der Waals surface area contributed by atoms with Gasteiger partial charge in [-0.25, -0.2) is 0 Å². The third-order valence-corrected chi connectivity index (χ3v) is 4.45. The molecule has 0 aliphatic carbocycles. The van der Waals surface area contributed by atoms with Crippen LogP contribution in [-0.4, -0.2) is 42.0 Å². The Morgan fingerprint density at radius 1 is 1.32 bits per heavy atom. The lowest BCUT2D eigenvalue weighted by molar-refractivity contribution is -0.123. The van der Waals surface area contributed by atoms with E-state index in [1.54, 1.807) is 6.20 Å². The van der Waals surface area contributed by atoms with Crippen LogP contribution in [0.2, 0.25) is 0 Å². The van der Waals surface area contributed by atoms with Crippen molar-refractivity contribution in [3.63, 3.8) is 0 Å². The SMILES string of the molecule is CC(NC(=O)CN1CCNCC1c1cccnc1)c1ccccc1.Cl. The van der Waals surface area contributed by atoms with Crippen LogP contribution in [0.5, 0.6) is 0 Å². The van der Waals surface area contributed by atoms with Crippen LogP contribution >= 0.6 is 12.4 Å². The Kier molecular flexibility index (Phi) is 7.37. The van der Waals surface area contributed by atoms with Crippen LogP contribution in [-0.2, 0) is 4.79 Å². The zero-order valence-electron chi connectivity index (χ0n) is 14.4. The minimum atomic E-state index is 0. The molecule has 1 aliphatic heterocycles. The van der Waals surface area contributed by atoms with Crippen molar-refractivity contribution < 1.29 is 4.79 Å². The number of rotatable bonds is 5. The molecule has 0 saturated carbocycles. The Bertz CT molecular complexity index is 653. The van der Waals surface area contributed by atoms with Crippen LogP contribution in [0.15, 0.2) is 54.9 Å². The molecular formula is C19H25ClN4O. The molecule has 1 aliphatic rings. The molecule has 2 aromatic rings. The Hall–Kier alpha value is -1.95. The number of hydrogen-bond donors (Lipinski definition) is 2. The second-order valence-corrected chi connectivity index (χ2v) is 6.18. The monoisotopic (exact) mass is 360 g/mol. The van der Waals surface area contributed by atoms with E-state index in [4.69, 9.17) is 0 Å². The lowest BCUT2D eigenvalue weighted by Gasteiger charge is -2.36. The van der Waals surface area contributed by atoms with Gasteiger partial charge in [-0.15, -0.1) is 12.4 Å².